The number of hydrogen-bond donors (Lipinski definition) is 0. The van der Waals surface area contributed by atoms with Crippen molar-refractivity contribution in [1.29, 1.82) is 0 Å². The summed E-state index contributed by atoms with van der Waals surface area (Å²) in [5.74, 6) is 0.146. The summed E-state index contributed by atoms with van der Waals surface area (Å²) < 4.78 is 1.71. The van der Waals surface area contributed by atoms with Crippen molar-refractivity contribution in [3.63, 3.8) is 0 Å². The molecule has 0 saturated heterocycles. The first kappa shape index (κ1) is 13.8. The van der Waals surface area contributed by atoms with E-state index in [4.69, 9.17) is 11.6 Å². The minimum atomic E-state index is -0.00836. The van der Waals surface area contributed by atoms with E-state index < -0.39 is 0 Å². The monoisotopic (exact) mass is 298 g/mol. The summed E-state index contributed by atoms with van der Waals surface area (Å²) in [4.78, 5) is 17.0. The zero-order valence-corrected chi connectivity index (χ0v) is 12.6. The van der Waals surface area contributed by atoms with Crippen molar-refractivity contribution in [3.05, 3.63) is 69.7 Å². The normalized spacial score (nSPS) is 11.2. The van der Waals surface area contributed by atoms with Crippen molar-refractivity contribution >= 4 is 22.5 Å². The summed E-state index contributed by atoms with van der Waals surface area (Å²) in [6, 6.07) is 13.2. The third-order valence-corrected chi connectivity index (χ3v) is 3.72. The predicted molar refractivity (Wildman–Crippen MR) is 86.4 cm³/mol. The van der Waals surface area contributed by atoms with Crippen LogP contribution in [0.3, 0.4) is 0 Å². The van der Waals surface area contributed by atoms with Crippen molar-refractivity contribution in [2.75, 3.05) is 0 Å². The Morgan fingerprint density at radius 3 is 2.52 bits per heavy atom. The van der Waals surface area contributed by atoms with Crippen molar-refractivity contribution in [2.45, 2.75) is 19.8 Å². The fourth-order valence-electron chi connectivity index (χ4n) is 2.45. The molecule has 0 aliphatic rings. The van der Waals surface area contributed by atoms with Crippen LogP contribution in [0.15, 0.2) is 53.5 Å². The van der Waals surface area contributed by atoms with E-state index in [9.17, 15) is 4.79 Å². The van der Waals surface area contributed by atoms with Crippen LogP contribution in [-0.2, 0) is 0 Å². The Morgan fingerprint density at radius 2 is 1.86 bits per heavy atom. The number of hydrogen-bond acceptors (Lipinski definition) is 2. The molecule has 2 aromatic heterocycles. The number of fused-ring (bicyclic) bond motifs is 1. The third kappa shape index (κ3) is 2.45. The lowest BCUT2D eigenvalue weighted by atomic mass is 10.0. The van der Waals surface area contributed by atoms with E-state index in [0.717, 1.165) is 22.2 Å². The van der Waals surface area contributed by atoms with E-state index in [1.54, 1.807) is 16.8 Å². The number of benzene rings is 1. The van der Waals surface area contributed by atoms with E-state index >= 15 is 0 Å². The molecule has 0 aliphatic carbocycles. The van der Waals surface area contributed by atoms with Crippen LogP contribution in [0.4, 0.5) is 0 Å². The second-order valence-electron chi connectivity index (χ2n) is 5.30. The molecule has 4 heteroatoms. The lowest BCUT2D eigenvalue weighted by molar-refractivity contribution is 0.831. The van der Waals surface area contributed by atoms with E-state index in [1.807, 2.05) is 50.2 Å². The molecule has 0 aliphatic heterocycles. The molecule has 0 N–H and O–H groups in total. The first-order chi connectivity index (χ1) is 10.1. The molecule has 0 unspecified atom stereocenters. The van der Waals surface area contributed by atoms with Crippen molar-refractivity contribution in [3.8, 4) is 5.69 Å². The molecule has 0 amide bonds. The number of halogens is 1. The van der Waals surface area contributed by atoms with Crippen LogP contribution in [0.2, 0.25) is 5.15 Å². The van der Waals surface area contributed by atoms with Crippen LogP contribution in [0.25, 0.3) is 16.6 Å². The van der Waals surface area contributed by atoms with Gasteiger partial charge in [-0.3, -0.25) is 9.36 Å². The van der Waals surface area contributed by atoms with Gasteiger partial charge in [0.1, 0.15) is 5.15 Å². The molecule has 0 atom stereocenters. The number of nitrogens with zero attached hydrogens (tertiary/aromatic N) is 2. The van der Waals surface area contributed by atoms with Gasteiger partial charge in [0.05, 0.1) is 5.52 Å². The quantitative estimate of drug-likeness (QED) is 0.666. The van der Waals surface area contributed by atoms with Gasteiger partial charge in [-0.2, -0.15) is 0 Å². The second-order valence-corrected chi connectivity index (χ2v) is 5.68. The van der Waals surface area contributed by atoms with Crippen LogP contribution >= 0.6 is 11.6 Å². The molecule has 3 rings (SSSR count). The fourth-order valence-corrected chi connectivity index (χ4v) is 2.60. The molecule has 106 valence electrons. The zero-order chi connectivity index (χ0) is 15.0. The molecular weight excluding hydrogens is 284 g/mol. The molecular formula is C17H15ClN2O. The highest BCUT2D eigenvalue weighted by Gasteiger charge is 2.13. The number of aromatic nitrogens is 2. The zero-order valence-electron chi connectivity index (χ0n) is 11.9. The van der Waals surface area contributed by atoms with Crippen LogP contribution in [0, 0.1) is 0 Å². The molecule has 3 aromatic rings. The summed E-state index contributed by atoms with van der Waals surface area (Å²) in [5, 5.41) is 1.29. The largest absolute Gasteiger partial charge is 0.277 e. The summed E-state index contributed by atoms with van der Waals surface area (Å²) in [5.41, 5.74) is 2.37. The molecule has 3 nitrogen and oxygen atoms in total. The van der Waals surface area contributed by atoms with Gasteiger partial charge in [-0.05, 0) is 24.1 Å². The number of rotatable bonds is 2. The molecule has 0 radical (unpaired) electrons. The Balaban J connectivity index is 2.47. The smallest absolute Gasteiger partial charge is 0.259 e. The van der Waals surface area contributed by atoms with Gasteiger partial charge in [0, 0.05) is 28.9 Å². The molecule has 0 saturated carbocycles. The third-order valence-electron chi connectivity index (χ3n) is 3.52. The van der Waals surface area contributed by atoms with Crippen molar-refractivity contribution in [2.24, 2.45) is 0 Å². The number of para-hydroxylation sites is 1. The second kappa shape index (κ2) is 5.34. The maximum absolute atomic E-state index is 12.8. The van der Waals surface area contributed by atoms with Gasteiger partial charge in [0.25, 0.3) is 5.56 Å². The van der Waals surface area contributed by atoms with Crippen molar-refractivity contribution < 1.29 is 0 Å². The molecule has 1 aromatic carbocycles. The standard InChI is InChI=1S/C17H15ClN2O/c1-11(2)14-8-12-10-19-16(18)9-15(12)20(17(14)21)13-6-4-3-5-7-13/h3-11H,1-2H3. The molecule has 0 bridgehead atoms. The fraction of sp³-hybridized carbons (Fsp3) is 0.176. The summed E-state index contributed by atoms with van der Waals surface area (Å²) in [7, 11) is 0. The first-order valence-corrected chi connectivity index (χ1v) is 7.22. The molecule has 2 heterocycles. The Hall–Kier alpha value is -2.13. The van der Waals surface area contributed by atoms with E-state index in [1.165, 1.54) is 0 Å². The Labute approximate surface area is 127 Å². The summed E-state index contributed by atoms with van der Waals surface area (Å²) in [6.07, 6.45) is 1.71. The average Bonchev–Trinajstić information content (AvgIpc) is 2.47. The Morgan fingerprint density at radius 1 is 1.14 bits per heavy atom. The van der Waals surface area contributed by atoms with E-state index in [0.29, 0.717) is 5.15 Å². The lowest BCUT2D eigenvalue weighted by Crippen LogP contribution is -2.23. The van der Waals surface area contributed by atoms with Crippen LogP contribution in [0.5, 0.6) is 0 Å². The van der Waals surface area contributed by atoms with Gasteiger partial charge in [-0.25, -0.2) is 4.98 Å². The molecule has 0 fully saturated rings. The van der Waals surface area contributed by atoms with Gasteiger partial charge >= 0.3 is 0 Å². The summed E-state index contributed by atoms with van der Waals surface area (Å²) in [6.45, 7) is 4.03. The maximum atomic E-state index is 12.8. The van der Waals surface area contributed by atoms with Crippen molar-refractivity contribution in [1.82, 2.24) is 9.55 Å². The van der Waals surface area contributed by atoms with Crippen LogP contribution < -0.4 is 5.56 Å². The van der Waals surface area contributed by atoms with E-state index in [2.05, 4.69) is 4.98 Å². The van der Waals surface area contributed by atoms with Gasteiger partial charge in [0.2, 0.25) is 0 Å². The highest BCUT2D eigenvalue weighted by molar-refractivity contribution is 6.30. The Kier molecular flexibility index (Phi) is 3.52. The first-order valence-electron chi connectivity index (χ1n) is 6.84. The van der Waals surface area contributed by atoms with Crippen LogP contribution in [-0.4, -0.2) is 9.55 Å². The van der Waals surface area contributed by atoms with Gasteiger partial charge in [-0.15, -0.1) is 0 Å². The topological polar surface area (TPSA) is 34.9 Å². The van der Waals surface area contributed by atoms with Gasteiger partial charge in [-0.1, -0.05) is 43.6 Å². The molecule has 0 spiro atoms. The Bertz CT molecular complexity index is 854. The SMILES string of the molecule is CC(C)c1cc2cnc(Cl)cc2n(-c2ccccc2)c1=O. The lowest BCUT2D eigenvalue weighted by Gasteiger charge is -2.14. The molecule has 21 heavy (non-hydrogen) atoms. The van der Waals surface area contributed by atoms with E-state index in [-0.39, 0.29) is 11.5 Å². The van der Waals surface area contributed by atoms with Gasteiger partial charge < -0.3 is 0 Å². The summed E-state index contributed by atoms with van der Waals surface area (Å²) >= 11 is 6.01. The highest BCUT2D eigenvalue weighted by Crippen LogP contribution is 2.22. The van der Waals surface area contributed by atoms with Crippen LogP contribution in [0.1, 0.15) is 25.3 Å². The minimum absolute atomic E-state index is 0.00836. The minimum Gasteiger partial charge on any atom is -0.277 e. The average molecular weight is 299 g/mol. The van der Waals surface area contributed by atoms with Gasteiger partial charge in [0.15, 0.2) is 0 Å². The highest BCUT2D eigenvalue weighted by atomic mass is 35.5. The predicted octanol–water partition coefficient (Wildman–Crippen LogP) is 4.16. The number of pyridine rings is 2. The maximum Gasteiger partial charge on any atom is 0.259 e.